The molecular formula is C13H21N2O4. The first kappa shape index (κ1) is 15.7. The van der Waals surface area contributed by atoms with Gasteiger partial charge in [0.1, 0.15) is 0 Å². The van der Waals surface area contributed by atoms with Gasteiger partial charge in [-0.25, -0.2) is 4.79 Å². The van der Waals surface area contributed by atoms with E-state index in [0.717, 1.165) is 17.2 Å². The number of carboxylic acids is 1. The lowest BCUT2D eigenvalue weighted by atomic mass is 9.79. The zero-order valence-corrected chi connectivity index (χ0v) is 11.8. The van der Waals surface area contributed by atoms with Crippen LogP contribution in [0.4, 0.5) is 0 Å². The molecule has 0 atom stereocenters. The summed E-state index contributed by atoms with van der Waals surface area (Å²) in [6.45, 7) is 7.36. The topological polar surface area (TPSA) is 89.5 Å². The number of carbonyl (C=O) groups excluding carboxylic acids is 1. The molecule has 0 aromatic heterocycles. The highest BCUT2D eigenvalue weighted by Crippen LogP contribution is 2.36. The van der Waals surface area contributed by atoms with Crippen molar-refractivity contribution in [1.82, 2.24) is 10.4 Å². The molecule has 6 nitrogen and oxygen atoms in total. The Hall–Kier alpha value is -1.40. The molecule has 19 heavy (non-hydrogen) atoms. The summed E-state index contributed by atoms with van der Waals surface area (Å²) >= 11 is 0. The largest absolute Gasteiger partial charge is 0.478 e. The predicted molar refractivity (Wildman–Crippen MR) is 68.6 cm³/mol. The van der Waals surface area contributed by atoms with Crippen molar-refractivity contribution in [3.8, 4) is 0 Å². The number of hydroxylamine groups is 2. The SMILES string of the molecule is CC1(C)CC(NC(=O)/C=C\C(=O)O)CC(C)(C)N1[O]. The van der Waals surface area contributed by atoms with Crippen LogP contribution in [0.1, 0.15) is 40.5 Å². The van der Waals surface area contributed by atoms with E-state index in [1.54, 1.807) is 0 Å². The van der Waals surface area contributed by atoms with Gasteiger partial charge in [0, 0.05) is 29.3 Å². The molecule has 0 aromatic carbocycles. The number of nitrogens with zero attached hydrogens (tertiary/aromatic N) is 1. The van der Waals surface area contributed by atoms with Crippen molar-refractivity contribution in [3.63, 3.8) is 0 Å². The number of aliphatic carboxylic acids is 1. The molecule has 0 saturated carbocycles. The summed E-state index contributed by atoms with van der Waals surface area (Å²) < 4.78 is 0. The molecule has 1 amide bonds. The highest BCUT2D eigenvalue weighted by molar-refractivity contribution is 5.94. The minimum Gasteiger partial charge on any atom is -0.478 e. The maximum atomic E-state index is 12.1. The van der Waals surface area contributed by atoms with Gasteiger partial charge in [-0.15, -0.1) is 10.3 Å². The third-order valence-corrected chi connectivity index (χ3v) is 3.32. The number of piperidine rings is 1. The van der Waals surface area contributed by atoms with Gasteiger partial charge in [-0.3, -0.25) is 4.79 Å². The van der Waals surface area contributed by atoms with Gasteiger partial charge in [0.25, 0.3) is 0 Å². The molecule has 0 aromatic rings. The van der Waals surface area contributed by atoms with Crippen LogP contribution in [0, 0.1) is 0 Å². The summed E-state index contributed by atoms with van der Waals surface area (Å²) in [5.41, 5.74) is -1.12. The first-order valence-electron chi connectivity index (χ1n) is 6.23. The molecule has 0 spiro atoms. The van der Waals surface area contributed by atoms with E-state index in [1.807, 2.05) is 27.7 Å². The minimum absolute atomic E-state index is 0.138. The van der Waals surface area contributed by atoms with E-state index < -0.39 is 23.0 Å². The average molecular weight is 269 g/mol. The van der Waals surface area contributed by atoms with Gasteiger partial charge in [0.2, 0.25) is 5.91 Å². The molecule has 1 fully saturated rings. The number of hydrogen-bond donors (Lipinski definition) is 2. The van der Waals surface area contributed by atoms with Crippen LogP contribution in [0.25, 0.3) is 0 Å². The number of hydrogen-bond acceptors (Lipinski definition) is 3. The predicted octanol–water partition coefficient (Wildman–Crippen LogP) is 1.11. The van der Waals surface area contributed by atoms with Crippen molar-refractivity contribution in [2.24, 2.45) is 0 Å². The second-order valence-corrected chi connectivity index (χ2v) is 6.20. The maximum absolute atomic E-state index is 12.1. The van der Waals surface area contributed by atoms with Crippen molar-refractivity contribution < 1.29 is 19.9 Å². The molecule has 107 valence electrons. The standard InChI is InChI=1S/C13H21N2O4/c1-12(2)7-9(8-13(3,4)15(12)19)14-10(16)5-6-11(17)18/h5-6,9H,7-8H2,1-4H3,(H,14,16)(H,17,18)/b6-5-. The van der Waals surface area contributed by atoms with Gasteiger partial charge in [-0.1, -0.05) is 0 Å². The highest BCUT2D eigenvalue weighted by atomic mass is 16.5. The van der Waals surface area contributed by atoms with E-state index in [-0.39, 0.29) is 6.04 Å². The van der Waals surface area contributed by atoms with Crippen molar-refractivity contribution >= 4 is 11.9 Å². The monoisotopic (exact) mass is 269 g/mol. The summed E-state index contributed by atoms with van der Waals surface area (Å²) in [4.78, 5) is 21.9. The Bertz CT molecular complexity index is 383. The molecule has 1 aliphatic heterocycles. The lowest BCUT2D eigenvalue weighted by molar-refractivity contribution is -0.289. The molecule has 1 rings (SSSR count). The number of nitrogens with one attached hydrogen (secondary N) is 1. The zero-order valence-electron chi connectivity index (χ0n) is 11.8. The Morgan fingerprint density at radius 3 is 2.05 bits per heavy atom. The Morgan fingerprint density at radius 1 is 1.16 bits per heavy atom. The number of amides is 1. The van der Waals surface area contributed by atoms with Crippen molar-refractivity contribution in [2.45, 2.75) is 57.7 Å². The number of carbonyl (C=O) groups is 2. The molecule has 0 unspecified atom stereocenters. The Labute approximate surface area is 113 Å². The van der Waals surface area contributed by atoms with Crippen molar-refractivity contribution in [3.05, 3.63) is 12.2 Å². The van der Waals surface area contributed by atoms with E-state index in [2.05, 4.69) is 5.32 Å². The quantitative estimate of drug-likeness (QED) is 0.751. The van der Waals surface area contributed by atoms with Crippen LogP contribution >= 0.6 is 0 Å². The fourth-order valence-electron chi connectivity index (χ4n) is 2.76. The van der Waals surface area contributed by atoms with Crippen LogP contribution < -0.4 is 5.32 Å². The molecule has 0 bridgehead atoms. The fourth-order valence-corrected chi connectivity index (χ4v) is 2.76. The molecular weight excluding hydrogens is 248 g/mol. The van der Waals surface area contributed by atoms with Gasteiger partial charge in [0.15, 0.2) is 0 Å². The molecule has 0 aliphatic carbocycles. The van der Waals surface area contributed by atoms with Crippen LogP contribution in [0.15, 0.2) is 12.2 Å². The Balaban J connectivity index is 2.71. The van der Waals surface area contributed by atoms with Crippen molar-refractivity contribution in [1.29, 1.82) is 0 Å². The number of carboxylic acid groups (broad SMARTS) is 1. The molecule has 6 heteroatoms. The van der Waals surface area contributed by atoms with Gasteiger partial charge in [-0.2, -0.15) is 0 Å². The van der Waals surface area contributed by atoms with Crippen LogP contribution in [0.3, 0.4) is 0 Å². The lowest BCUT2D eigenvalue weighted by Crippen LogP contribution is -2.62. The molecule has 1 heterocycles. The molecule has 2 N–H and O–H groups in total. The first-order valence-corrected chi connectivity index (χ1v) is 6.23. The van der Waals surface area contributed by atoms with Crippen molar-refractivity contribution in [2.75, 3.05) is 0 Å². The lowest BCUT2D eigenvalue weighted by Gasteiger charge is -2.49. The highest BCUT2D eigenvalue weighted by Gasteiger charge is 2.46. The smallest absolute Gasteiger partial charge is 0.328 e. The van der Waals surface area contributed by atoms with E-state index in [9.17, 15) is 14.8 Å². The van der Waals surface area contributed by atoms with Gasteiger partial charge in [0.05, 0.1) is 0 Å². The van der Waals surface area contributed by atoms with Gasteiger partial charge in [-0.05, 0) is 40.5 Å². The van der Waals surface area contributed by atoms with Crippen LogP contribution in [0.5, 0.6) is 0 Å². The van der Waals surface area contributed by atoms with Gasteiger partial charge < -0.3 is 10.4 Å². The first-order chi connectivity index (χ1) is 8.54. The molecule has 1 radical (unpaired) electrons. The van der Waals surface area contributed by atoms with Gasteiger partial charge >= 0.3 is 5.97 Å². The van der Waals surface area contributed by atoms with E-state index in [1.165, 1.54) is 0 Å². The average Bonchev–Trinajstić information content (AvgIpc) is 2.22. The Morgan fingerprint density at radius 2 is 1.63 bits per heavy atom. The molecule has 1 aliphatic rings. The minimum atomic E-state index is -1.16. The fraction of sp³-hybridized carbons (Fsp3) is 0.692. The summed E-state index contributed by atoms with van der Waals surface area (Å²) in [7, 11) is 0. The number of rotatable bonds is 3. The second-order valence-electron chi connectivity index (χ2n) is 6.20. The Kier molecular flexibility index (Phi) is 4.37. The van der Waals surface area contributed by atoms with E-state index in [0.29, 0.717) is 12.8 Å². The summed E-state index contributed by atoms with van der Waals surface area (Å²) in [6.07, 6.45) is 2.86. The third-order valence-electron chi connectivity index (χ3n) is 3.32. The third kappa shape index (κ3) is 4.04. The summed E-state index contributed by atoms with van der Waals surface area (Å²) in [6, 6.07) is -0.138. The normalized spacial score (nSPS) is 23.4. The summed E-state index contributed by atoms with van der Waals surface area (Å²) in [5.74, 6) is -1.61. The zero-order chi connectivity index (χ0) is 14.8. The van der Waals surface area contributed by atoms with Crippen LogP contribution in [0.2, 0.25) is 0 Å². The van der Waals surface area contributed by atoms with Crippen LogP contribution in [-0.2, 0) is 14.8 Å². The second kappa shape index (κ2) is 5.30. The van der Waals surface area contributed by atoms with Crippen LogP contribution in [-0.4, -0.2) is 39.2 Å². The van der Waals surface area contributed by atoms with E-state index >= 15 is 0 Å². The maximum Gasteiger partial charge on any atom is 0.328 e. The molecule has 1 saturated heterocycles. The summed E-state index contributed by atoms with van der Waals surface area (Å²) in [5, 5.41) is 24.4. The van der Waals surface area contributed by atoms with E-state index in [4.69, 9.17) is 5.11 Å².